The van der Waals surface area contributed by atoms with Crippen molar-refractivity contribution in [1.82, 2.24) is 0 Å². The van der Waals surface area contributed by atoms with Gasteiger partial charge in [-0.25, -0.2) is 4.79 Å². The number of ether oxygens (including phenoxy) is 2. The summed E-state index contributed by atoms with van der Waals surface area (Å²) in [5, 5.41) is 9.20. The lowest BCUT2D eigenvalue weighted by Gasteiger charge is -2.40. The van der Waals surface area contributed by atoms with Gasteiger partial charge in [-0.3, -0.25) is 10.2 Å². The highest BCUT2D eigenvalue weighted by molar-refractivity contribution is 6.53. The third-order valence-electron chi connectivity index (χ3n) is 8.09. The van der Waals surface area contributed by atoms with E-state index >= 15 is 0 Å². The molecular weight excluding hydrogens is 454 g/mol. The second-order valence-corrected chi connectivity index (χ2v) is 9.85. The van der Waals surface area contributed by atoms with Gasteiger partial charge in [-0.1, -0.05) is 12.1 Å². The molecule has 3 heterocycles. The summed E-state index contributed by atoms with van der Waals surface area (Å²) in [5.74, 6) is 0.467. The Labute approximate surface area is 208 Å². The number of carbonyl (C=O) groups is 2. The summed E-state index contributed by atoms with van der Waals surface area (Å²) >= 11 is 0. The first-order valence-corrected chi connectivity index (χ1v) is 12.4. The average molecular weight is 480 g/mol. The third-order valence-corrected chi connectivity index (χ3v) is 8.09. The Morgan fingerprint density at radius 1 is 0.861 bits per heavy atom. The Morgan fingerprint density at radius 2 is 1.44 bits per heavy atom. The van der Waals surface area contributed by atoms with Crippen LogP contribution in [-0.4, -0.2) is 50.8 Å². The van der Waals surface area contributed by atoms with Crippen LogP contribution in [0.1, 0.15) is 50.2 Å². The van der Waals surface area contributed by atoms with E-state index in [1.165, 1.54) is 7.11 Å². The number of esters is 1. The third kappa shape index (κ3) is 2.65. The normalized spacial score (nSPS) is 18.6. The van der Waals surface area contributed by atoms with Crippen molar-refractivity contribution in [2.24, 2.45) is 0 Å². The van der Waals surface area contributed by atoms with E-state index in [1.807, 2.05) is 36.4 Å². The molecule has 180 valence electrons. The Bertz CT molecular complexity index is 1420. The predicted octanol–water partition coefficient (Wildman–Crippen LogP) is 4.55. The molecule has 0 saturated carbocycles. The molecule has 7 nitrogen and oxygen atoms in total. The standard InChI is InChI=1S/C29H25N3O4/c1-35-28(34)17-4-7-20-23(14-17)29(27(30)26(20)33)21-8-5-18(31-10-2-11-31)15-24(21)36-25-16-19(6-9-22(25)29)32-12-3-13-32/h4-9,14-16,30H,2-3,10-13H2,1H3. The second-order valence-electron chi connectivity index (χ2n) is 9.85. The van der Waals surface area contributed by atoms with Gasteiger partial charge in [0.2, 0.25) is 5.78 Å². The van der Waals surface area contributed by atoms with Crippen LogP contribution in [0, 0.1) is 5.41 Å². The van der Waals surface area contributed by atoms with Crippen molar-refractivity contribution >= 4 is 28.8 Å². The second kappa shape index (κ2) is 7.43. The highest BCUT2D eigenvalue weighted by Gasteiger charge is 2.56. The minimum Gasteiger partial charge on any atom is -0.465 e. The SMILES string of the molecule is COC(=O)c1ccc2c(c1)C1(C(=N)C2=O)c2ccc(N3CCC3)cc2Oc2cc(N3CCC3)ccc21. The molecule has 1 spiro atoms. The van der Waals surface area contributed by atoms with Gasteiger partial charge in [-0.05, 0) is 48.7 Å². The summed E-state index contributed by atoms with van der Waals surface area (Å²) in [6.07, 6.45) is 2.32. The van der Waals surface area contributed by atoms with E-state index in [0.717, 1.165) is 61.5 Å². The van der Waals surface area contributed by atoms with Crippen LogP contribution in [0.5, 0.6) is 11.5 Å². The van der Waals surface area contributed by atoms with Gasteiger partial charge >= 0.3 is 5.97 Å². The van der Waals surface area contributed by atoms with E-state index in [4.69, 9.17) is 9.47 Å². The van der Waals surface area contributed by atoms with Gasteiger partial charge in [-0.15, -0.1) is 0 Å². The van der Waals surface area contributed by atoms with E-state index in [1.54, 1.807) is 18.2 Å². The fourth-order valence-corrected chi connectivity index (χ4v) is 5.91. The van der Waals surface area contributed by atoms with Crippen LogP contribution in [0.2, 0.25) is 0 Å². The number of carbonyl (C=O) groups excluding carboxylic acids is 2. The molecule has 1 aliphatic carbocycles. The Balaban J connectivity index is 1.51. The molecule has 0 bridgehead atoms. The largest absolute Gasteiger partial charge is 0.465 e. The van der Waals surface area contributed by atoms with E-state index in [9.17, 15) is 15.0 Å². The molecule has 3 aliphatic heterocycles. The number of nitrogens with zero attached hydrogens (tertiary/aromatic N) is 2. The molecule has 36 heavy (non-hydrogen) atoms. The lowest BCUT2D eigenvalue weighted by Crippen LogP contribution is -2.40. The van der Waals surface area contributed by atoms with Crippen LogP contribution >= 0.6 is 0 Å². The zero-order valence-electron chi connectivity index (χ0n) is 20.0. The van der Waals surface area contributed by atoms with Gasteiger partial charge in [0, 0.05) is 66.4 Å². The molecule has 0 unspecified atom stereocenters. The number of fused-ring (bicyclic) bond motifs is 6. The van der Waals surface area contributed by atoms with Crippen LogP contribution < -0.4 is 14.5 Å². The van der Waals surface area contributed by atoms with Crippen LogP contribution in [0.15, 0.2) is 54.6 Å². The average Bonchev–Trinajstić information content (AvgIpc) is 3.03. The predicted molar refractivity (Wildman–Crippen MR) is 136 cm³/mol. The van der Waals surface area contributed by atoms with Crippen LogP contribution in [0.25, 0.3) is 0 Å². The van der Waals surface area contributed by atoms with E-state index in [2.05, 4.69) is 9.80 Å². The molecule has 4 aliphatic rings. The smallest absolute Gasteiger partial charge is 0.337 e. The Hall–Kier alpha value is -4.13. The molecule has 2 fully saturated rings. The Morgan fingerprint density at radius 3 is 1.94 bits per heavy atom. The molecule has 2 saturated heterocycles. The van der Waals surface area contributed by atoms with E-state index in [0.29, 0.717) is 28.2 Å². The zero-order valence-corrected chi connectivity index (χ0v) is 20.0. The van der Waals surface area contributed by atoms with Crippen LogP contribution in [0.3, 0.4) is 0 Å². The number of hydrogen-bond acceptors (Lipinski definition) is 7. The summed E-state index contributed by atoms with van der Waals surface area (Å²) in [5.41, 5.74) is 3.84. The molecule has 3 aromatic rings. The lowest BCUT2D eigenvalue weighted by atomic mass is 9.67. The van der Waals surface area contributed by atoms with Gasteiger partial charge < -0.3 is 19.3 Å². The van der Waals surface area contributed by atoms with Gasteiger partial charge in [0.05, 0.1) is 23.8 Å². The number of ketones is 1. The summed E-state index contributed by atoms with van der Waals surface area (Å²) in [6.45, 7) is 4.00. The fourth-order valence-electron chi connectivity index (χ4n) is 5.91. The number of rotatable bonds is 3. The summed E-state index contributed by atoms with van der Waals surface area (Å²) in [7, 11) is 1.34. The topological polar surface area (TPSA) is 82.9 Å². The van der Waals surface area contributed by atoms with Gasteiger partial charge in [-0.2, -0.15) is 0 Å². The monoisotopic (exact) mass is 479 g/mol. The van der Waals surface area contributed by atoms with Crippen molar-refractivity contribution in [1.29, 1.82) is 5.41 Å². The number of benzene rings is 3. The molecule has 7 heteroatoms. The molecule has 7 rings (SSSR count). The quantitative estimate of drug-likeness (QED) is 0.555. The van der Waals surface area contributed by atoms with Gasteiger partial charge in [0.1, 0.15) is 11.5 Å². The van der Waals surface area contributed by atoms with E-state index in [-0.39, 0.29) is 11.5 Å². The minimum atomic E-state index is -1.17. The lowest BCUT2D eigenvalue weighted by molar-refractivity contribution is 0.0600. The van der Waals surface area contributed by atoms with Crippen LogP contribution in [0.4, 0.5) is 11.4 Å². The highest BCUT2D eigenvalue weighted by Crippen LogP contribution is 2.57. The number of methoxy groups -OCH3 is 1. The first-order chi connectivity index (χ1) is 17.5. The maximum Gasteiger partial charge on any atom is 0.337 e. The van der Waals surface area contributed by atoms with Gasteiger partial charge in [0.15, 0.2) is 0 Å². The van der Waals surface area contributed by atoms with Crippen molar-refractivity contribution < 1.29 is 19.1 Å². The molecule has 0 radical (unpaired) electrons. The van der Waals surface area contributed by atoms with Gasteiger partial charge in [0.25, 0.3) is 0 Å². The maximum atomic E-state index is 13.5. The van der Waals surface area contributed by atoms with Crippen molar-refractivity contribution in [2.75, 3.05) is 43.1 Å². The fraction of sp³-hybridized carbons (Fsp3) is 0.276. The first-order valence-electron chi connectivity index (χ1n) is 12.4. The molecule has 3 aromatic carbocycles. The van der Waals surface area contributed by atoms with Crippen LogP contribution in [-0.2, 0) is 10.2 Å². The summed E-state index contributed by atoms with van der Waals surface area (Å²) < 4.78 is 11.5. The zero-order chi connectivity index (χ0) is 24.6. The summed E-state index contributed by atoms with van der Waals surface area (Å²) in [4.78, 5) is 30.5. The Kier molecular flexibility index (Phi) is 4.37. The summed E-state index contributed by atoms with van der Waals surface area (Å²) in [6, 6.07) is 17.1. The van der Waals surface area contributed by atoms with Crippen molar-refractivity contribution in [3.63, 3.8) is 0 Å². The molecule has 0 atom stereocenters. The first kappa shape index (κ1) is 21.2. The van der Waals surface area contributed by atoms with E-state index < -0.39 is 11.4 Å². The number of Topliss-reactive ketones (excluding diaryl/α,β-unsaturated/α-hetero) is 1. The number of hydrogen-bond donors (Lipinski definition) is 1. The molecular formula is C29H25N3O4. The molecule has 0 aromatic heterocycles. The molecule has 0 amide bonds. The van der Waals surface area contributed by atoms with Crippen molar-refractivity contribution in [3.8, 4) is 11.5 Å². The van der Waals surface area contributed by atoms with Crippen molar-refractivity contribution in [3.05, 3.63) is 82.4 Å². The number of nitrogens with one attached hydrogen (secondary N) is 1. The number of anilines is 2. The minimum absolute atomic E-state index is 0.0290. The van der Waals surface area contributed by atoms with Crippen molar-refractivity contribution in [2.45, 2.75) is 18.3 Å². The highest BCUT2D eigenvalue weighted by atomic mass is 16.5. The maximum absolute atomic E-state index is 13.5. The molecule has 1 N–H and O–H groups in total.